The summed E-state index contributed by atoms with van der Waals surface area (Å²) in [6, 6.07) is 17.8. The summed E-state index contributed by atoms with van der Waals surface area (Å²) in [5.41, 5.74) is 2.18. The molecule has 3 nitrogen and oxygen atoms in total. The molecule has 122 valence electrons. The summed E-state index contributed by atoms with van der Waals surface area (Å²) in [5, 5.41) is 10.2. The topological polar surface area (TPSA) is 26.7 Å². The fourth-order valence-corrected chi connectivity index (χ4v) is 3.29. The van der Waals surface area contributed by atoms with Crippen LogP contribution in [-0.2, 0) is 0 Å². The van der Waals surface area contributed by atoms with Crippen molar-refractivity contribution in [2.45, 2.75) is 6.04 Å². The second-order valence-electron chi connectivity index (χ2n) is 5.61. The summed E-state index contributed by atoms with van der Waals surface area (Å²) in [6.45, 7) is -3.63. The molecule has 0 aromatic heterocycles. The highest BCUT2D eigenvalue weighted by Gasteiger charge is 2.26. The van der Waals surface area contributed by atoms with E-state index in [2.05, 4.69) is 17.0 Å². The number of rotatable bonds is 5. The Labute approximate surface area is 148 Å². The summed E-state index contributed by atoms with van der Waals surface area (Å²) in [6.07, 6.45) is 0. The van der Waals surface area contributed by atoms with Gasteiger partial charge in [0.1, 0.15) is 0 Å². The van der Waals surface area contributed by atoms with Crippen LogP contribution in [0.1, 0.15) is 22.7 Å². The van der Waals surface area contributed by atoms with Crippen molar-refractivity contribution >= 4 is 11.6 Å². The van der Waals surface area contributed by atoms with Gasteiger partial charge < -0.3 is 5.11 Å². The minimum Gasteiger partial charge on any atom is -0.395 e. The molecule has 1 unspecified atom stereocenters. The Morgan fingerprint density at radius 1 is 1.00 bits per heavy atom. The summed E-state index contributed by atoms with van der Waals surface area (Å²) in [5.74, 6) is 0. The molecule has 0 bridgehead atoms. The maximum absolute atomic E-state index is 9.55. The first-order valence-electron chi connectivity index (χ1n) is 9.72. The SMILES string of the molecule is [2H]C([2H])(O)C([2H])([2H])N1CCN(C(c2ccccc2)c2cccc(Cl)c2)CC1. The molecule has 1 saturated heterocycles. The molecular weight excluding hydrogens is 308 g/mol. The molecule has 1 aliphatic rings. The Kier molecular flexibility index (Phi) is 4.15. The number of benzene rings is 2. The summed E-state index contributed by atoms with van der Waals surface area (Å²) >= 11 is 6.20. The van der Waals surface area contributed by atoms with Crippen LogP contribution in [0.5, 0.6) is 0 Å². The first-order valence-corrected chi connectivity index (χ1v) is 8.10. The molecule has 0 amide bonds. The van der Waals surface area contributed by atoms with E-state index in [0.29, 0.717) is 31.2 Å². The van der Waals surface area contributed by atoms with Crippen LogP contribution in [0.3, 0.4) is 0 Å². The number of halogens is 1. The molecule has 1 aliphatic heterocycles. The quantitative estimate of drug-likeness (QED) is 0.910. The van der Waals surface area contributed by atoms with Gasteiger partial charge in [-0.25, -0.2) is 0 Å². The molecule has 2 aromatic carbocycles. The number of hydrogen-bond acceptors (Lipinski definition) is 3. The van der Waals surface area contributed by atoms with E-state index < -0.39 is 13.1 Å². The lowest BCUT2D eigenvalue weighted by Crippen LogP contribution is -2.48. The molecule has 0 radical (unpaired) electrons. The van der Waals surface area contributed by atoms with Crippen LogP contribution in [0.2, 0.25) is 5.02 Å². The fourth-order valence-electron chi connectivity index (χ4n) is 3.09. The van der Waals surface area contributed by atoms with Crippen LogP contribution in [0.25, 0.3) is 0 Å². The van der Waals surface area contributed by atoms with E-state index in [9.17, 15) is 5.11 Å². The molecule has 0 aliphatic carbocycles. The Bertz CT molecular complexity index is 762. The zero-order valence-corrected chi connectivity index (χ0v) is 13.6. The van der Waals surface area contributed by atoms with Crippen molar-refractivity contribution in [3.63, 3.8) is 0 Å². The van der Waals surface area contributed by atoms with Crippen molar-refractivity contribution in [1.29, 1.82) is 0 Å². The summed E-state index contributed by atoms with van der Waals surface area (Å²) in [7, 11) is 0. The van der Waals surface area contributed by atoms with Crippen molar-refractivity contribution in [2.24, 2.45) is 0 Å². The predicted molar refractivity (Wildman–Crippen MR) is 94.8 cm³/mol. The number of piperazine rings is 1. The van der Waals surface area contributed by atoms with Gasteiger partial charge in [0.15, 0.2) is 0 Å². The van der Waals surface area contributed by atoms with E-state index in [4.69, 9.17) is 17.1 Å². The van der Waals surface area contributed by atoms with Crippen molar-refractivity contribution in [3.8, 4) is 0 Å². The number of aliphatic hydroxyl groups is 1. The van der Waals surface area contributed by atoms with Gasteiger partial charge >= 0.3 is 0 Å². The highest BCUT2D eigenvalue weighted by atomic mass is 35.5. The molecule has 1 fully saturated rings. The Morgan fingerprint density at radius 2 is 1.70 bits per heavy atom. The summed E-state index contributed by atoms with van der Waals surface area (Å²) in [4.78, 5) is 3.60. The Hall–Kier alpha value is -1.39. The monoisotopic (exact) mass is 334 g/mol. The van der Waals surface area contributed by atoms with Crippen molar-refractivity contribution in [3.05, 3.63) is 70.7 Å². The highest BCUT2D eigenvalue weighted by molar-refractivity contribution is 6.30. The Balaban J connectivity index is 1.84. The number of nitrogens with zero attached hydrogens (tertiary/aromatic N) is 2. The van der Waals surface area contributed by atoms with E-state index in [-0.39, 0.29) is 6.04 Å². The van der Waals surface area contributed by atoms with Gasteiger partial charge in [0.25, 0.3) is 0 Å². The van der Waals surface area contributed by atoms with Crippen LogP contribution >= 0.6 is 11.6 Å². The second-order valence-corrected chi connectivity index (χ2v) is 6.05. The van der Waals surface area contributed by atoms with Crippen molar-refractivity contribution < 1.29 is 10.6 Å². The molecule has 1 heterocycles. The average Bonchev–Trinajstić information content (AvgIpc) is 2.62. The highest BCUT2D eigenvalue weighted by Crippen LogP contribution is 2.30. The average molecular weight is 335 g/mol. The fraction of sp³-hybridized carbons (Fsp3) is 0.368. The Morgan fingerprint density at radius 3 is 2.35 bits per heavy atom. The molecule has 0 saturated carbocycles. The van der Waals surface area contributed by atoms with Crippen LogP contribution in [0, 0.1) is 0 Å². The minimum absolute atomic E-state index is 0.0243. The normalized spacial score (nSPS) is 21.8. The molecule has 2 aromatic rings. The van der Waals surface area contributed by atoms with Crippen LogP contribution in [0.15, 0.2) is 54.6 Å². The largest absolute Gasteiger partial charge is 0.395 e. The van der Waals surface area contributed by atoms with Gasteiger partial charge in [-0.3, -0.25) is 9.80 Å². The van der Waals surface area contributed by atoms with E-state index in [1.807, 2.05) is 42.5 Å². The molecule has 3 rings (SSSR count). The van der Waals surface area contributed by atoms with Crippen LogP contribution < -0.4 is 0 Å². The predicted octanol–water partition coefficient (Wildman–Crippen LogP) is 3.04. The number of β-amino-alcohol motifs (C(OH)–C–C–N with tert-alkyl or cyclic N) is 1. The van der Waals surface area contributed by atoms with Crippen molar-refractivity contribution in [1.82, 2.24) is 9.80 Å². The lowest BCUT2D eigenvalue weighted by molar-refractivity contribution is 0.0945. The summed E-state index contributed by atoms with van der Waals surface area (Å²) < 4.78 is 30.6. The van der Waals surface area contributed by atoms with Gasteiger partial charge in [0, 0.05) is 40.4 Å². The third-order valence-electron chi connectivity index (χ3n) is 4.17. The lowest BCUT2D eigenvalue weighted by Gasteiger charge is -2.39. The van der Waals surface area contributed by atoms with Gasteiger partial charge in [-0.05, 0) is 23.3 Å². The van der Waals surface area contributed by atoms with Crippen molar-refractivity contribution in [2.75, 3.05) is 39.2 Å². The van der Waals surface area contributed by atoms with Gasteiger partial charge in [-0.1, -0.05) is 54.1 Å². The molecule has 4 heteroatoms. The maximum atomic E-state index is 9.55. The molecule has 23 heavy (non-hydrogen) atoms. The third-order valence-corrected chi connectivity index (χ3v) is 4.40. The minimum atomic E-state index is -2.92. The van der Waals surface area contributed by atoms with E-state index in [0.717, 1.165) is 11.1 Å². The van der Waals surface area contributed by atoms with Gasteiger partial charge in [-0.15, -0.1) is 0 Å². The smallest absolute Gasteiger partial charge is 0.0603 e. The molecular formula is C19H23ClN2O. The van der Waals surface area contributed by atoms with E-state index in [1.54, 1.807) is 0 Å². The van der Waals surface area contributed by atoms with E-state index >= 15 is 0 Å². The molecule has 1 N–H and O–H groups in total. The van der Waals surface area contributed by atoms with Gasteiger partial charge in [0.2, 0.25) is 0 Å². The number of hydrogen-bond donors (Lipinski definition) is 1. The van der Waals surface area contributed by atoms with Crippen LogP contribution in [-0.4, -0.2) is 54.1 Å². The van der Waals surface area contributed by atoms with E-state index in [1.165, 1.54) is 4.90 Å². The zero-order valence-electron chi connectivity index (χ0n) is 16.8. The van der Waals surface area contributed by atoms with Gasteiger partial charge in [-0.2, -0.15) is 0 Å². The maximum Gasteiger partial charge on any atom is 0.0603 e. The second kappa shape index (κ2) is 7.93. The zero-order chi connectivity index (χ0) is 19.7. The molecule has 0 spiro atoms. The molecule has 1 atom stereocenters. The van der Waals surface area contributed by atoms with Gasteiger partial charge in [0.05, 0.1) is 15.3 Å². The first-order chi connectivity index (χ1) is 12.7. The lowest BCUT2D eigenvalue weighted by atomic mass is 9.96. The first kappa shape index (κ1) is 12.0. The van der Waals surface area contributed by atoms with Crippen LogP contribution in [0.4, 0.5) is 0 Å². The standard InChI is InChI=1S/C19H23ClN2O/c20-18-8-4-7-17(15-18)19(16-5-2-1-3-6-16)22-11-9-21(10-12-22)13-14-23/h1-8,15,19,23H,9-14H2/i13D2,14D2. The third kappa shape index (κ3) is 4.12.